The summed E-state index contributed by atoms with van der Waals surface area (Å²) in [5.74, 6) is 0.448. The van der Waals surface area contributed by atoms with Crippen molar-refractivity contribution in [3.8, 4) is 5.75 Å². The van der Waals surface area contributed by atoms with E-state index in [0.29, 0.717) is 62.5 Å². The number of fused-ring (bicyclic) bond motifs is 2. The monoisotopic (exact) mass is 646 g/mol. The lowest BCUT2D eigenvalue weighted by Gasteiger charge is -2.33. The smallest absolute Gasteiger partial charge is 0.410 e. The maximum absolute atomic E-state index is 13.4. The highest BCUT2D eigenvalue weighted by Crippen LogP contribution is 2.30. The van der Waals surface area contributed by atoms with Crippen molar-refractivity contribution in [1.82, 2.24) is 19.7 Å². The number of hydrogen-bond donors (Lipinski definition) is 1. The van der Waals surface area contributed by atoms with E-state index >= 15 is 0 Å². The molecule has 47 heavy (non-hydrogen) atoms. The number of para-hydroxylation sites is 1. The highest BCUT2D eigenvalue weighted by molar-refractivity contribution is 6.21. The summed E-state index contributed by atoms with van der Waals surface area (Å²) in [7, 11) is 0. The topological polar surface area (TPSA) is 123 Å². The number of nitrogens with zero attached hydrogens (tertiary/aromatic N) is 4. The normalized spacial score (nSPS) is 18.6. The van der Waals surface area contributed by atoms with Gasteiger partial charge in [0.2, 0.25) is 5.52 Å². The molecule has 0 spiro atoms. The van der Waals surface area contributed by atoms with Gasteiger partial charge in [0.1, 0.15) is 18.7 Å². The number of amides is 4. The first kappa shape index (κ1) is 32.5. The van der Waals surface area contributed by atoms with E-state index in [4.69, 9.17) is 14.2 Å². The number of nitrogens with one attached hydrogen (secondary N) is 1. The Morgan fingerprint density at radius 3 is 2.32 bits per heavy atom. The summed E-state index contributed by atoms with van der Waals surface area (Å²) in [6.07, 6.45) is 2.83. The molecule has 3 aromatic rings. The lowest BCUT2D eigenvalue weighted by Crippen LogP contribution is -2.48. The zero-order valence-electron chi connectivity index (χ0n) is 27.6. The van der Waals surface area contributed by atoms with Crippen LogP contribution >= 0.6 is 0 Å². The van der Waals surface area contributed by atoms with Crippen molar-refractivity contribution in [2.75, 3.05) is 26.3 Å². The van der Waals surface area contributed by atoms with Crippen LogP contribution in [0.2, 0.25) is 0 Å². The summed E-state index contributed by atoms with van der Waals surface area (Å²) in [4.78, 5) is 55.2. The average Bonchev–Trinajstić information content (AvgIpc) is 3.73. The van der Waals surface area contributed by atoms with Crippen molar-refractivity contribution in [2.24, 2.45) is 0 Å². The van der Waals surface area contributed by atoms with Gasteiger partial charge in [-0.3, -0.25) is 19.3 Å². The molecule has 0 radical (unpaired) electrons. The van der Waals surface area contributed by atoms with E-state index in [0.717, 1.165) is 29.7 Å². The largest absolute Gasteiger partial charge is 0.479 e. The van der Waals surface area contributed by atoms with Crippen molar-refractivity contribution in [3.63, 3.8) is 0 Å². The Hall–Kier alpha value is -4.45. The van der Waals surface area contributed by atoms with E-state index in [-0.39, 0.29) is 49.1 Å². The molecule has 6 rings (SSSR count). The predicted molar refractivity (Wildman–Crippen MR) is 172 cm³/mol. The SMILES string of the molecule is CC[n+]1c(CN2C(=O)c3ccccc3C2=O)n(C[C@@H]2CCCO2)c2cccc(OCC(=O)NC3CCN(C(=O)OC(C)(C)C)CC3)c21. The summed E-state index contributed by atoms with van der Waals surface area (Å²) in [6, 6.07) is 12.6. The molecule has 12 heteroatoms. The minimum Gasteiger partial charge on any atom is -0.479 e. The van der Waals surface area contributed by atoms with Gasteiger partial charge in [-0.1, -0.05) is 18.2 Å². The number of piperidine rings is 1. The highest BCUT2D eigenvalue weighted by atomic mass is 16.6. The molecule has 0 unspecified atom stereocenters. The number of rotatable bonds is 9. The van der Waals surface area contributed by atoms with Crippen LogP contribution in [0.3, 0.4) is 0 Å². The first-order valence-electron chi connectivity index (χ1n) is 16.5. The first-order valence-corrected chi connectivity index (χ1v) is 16.5. The van der Waals surface area contributed by atoms with Gasteiger partial charge in [0.05, 0.1) is 23.8 Å². The van der Waals surface area contributed by atoms with Crippen molar-refractivity contribution < 1.29 is 38.0 Å². The van der Waals surface area contributed by atoms with Crippen LogP contribution in [-0.4, -0.2) is 82.2 Å². The van der Waals surface area contributed by atoms with Gasteiger partial charge in [-0.2, -0.15) is 0 Å². The van der Waals surface area contributed by atoms with Gasteiger partial charge < -0.3 is 24.4 Å². The lowest BCUT2D eigenvalue weighted by atomic mass is 10.1. The average molecular weight is 647 g/mol. The van der Waals surface area contributed by atoms with Gasteiger partial charge in [0.25, 0.3) is 23.5 Å². The number of aromatic nitrogens is 2. The van der Waals surface area contributed by atoms with Crippen molar-refractivity contribution in [3.05, 3.63) is 59.4 Å². The maximum atomic E-state index is 13.4. The van der Waals surface area contributed by atoms with Gasteiger partial charge in [-0.25, -0.2) is 13.9 Å². The van der Waals surface area contributed by atoms with Crippen LogP contribution < -0.4 is 14.6 Å². The van der Waals surface area contributed by atoms with Crippen LogP contribution in [0.15, 0.2) is 42.5 Å². The van der Waals surface area contributed by atoms with Gasteiger partial charge in [-0.05, 0) is 77.6 Å². The fourth-order valence-corrected chi connectivity index (χ4v) is 6.71. The molecule has 3 aliphatic heterocycles. The third-order valence-electron chi connectivity index (χ3n) is 8.94. The number of carbonyl (C=O) groups excluding carboxylic acids is 4. The molecule has 4 heterocycles. The molecule has 250 valence electrons. The third kappa shape index (κ3) is 6.83. The minimum absolute atomic E-state index is 0.00826. The van der Waals surface area contributed by atoms with Gasteiger partial charge in [0, 0.05) is 25.7 Å². The second-order valence-corrected chi connectivity index (χ2v) is 13.4. The quantitative estimate of drug-likeness (QED) is 0.277. The maximum Gasteiger partial charge on any atom is 0.410 e. The van der Waals surface area contributed by atoms with E-state index in [2.05, 4.69) is 14.5 Å². The van der Waals surface area contributed by atoms with E-state index in [9.17, 15) is 19.2 Å². The summed E-state index contributed by atoms with van der Waals surface area (Å²) in [5, 5.41) is 3.05. The summed E-state index contributed by atoms with van der Waals surface area (Å²) in [6.45, 7) is 10.3. The Kier molecular flexibility index (Phi) is 9.23. The highest BCUT2D eigenvalue weighted by Gasteiger charge is 2.40. The Morgan fingerprint density at radius 2 is 1.70 bits per heavy atom. The molecule has 2 aromatic carbocycles. The molecule has 3 aliphatic rings. The summed E-state index contributed by atoms with van der Waals surface area (Å²) >= 11 is 0. The molecule has 12 nitrogen and oxygen atoms in total. The first-order chi connectivity index (χ1) is 22.5. The van der Waals surface area contributed by atoms with Crippen LogP contribution in [0.5, 0.6) is 5.75 Å². The van der Waals surface area contributed by atoms with Crippen LogP contribution in [-0.2, 0) is 33.9 Å². The number of aryl methyl sites for hydroxylation is 1. The number of imidazole rings is 1. The van der Waals surface area contributed by atoms with Crippen molar-refractivity contribution in [1.29, 1.82) is 0 Å². The summed E-state index contributed by atoms with van der Waals surface area (Å²) in [5.41, 5.74) is 1.93. The molecule has 2 saturated heterocycles. The van der Waals surface area contributed by atoms with E-state index in [1.807, 2.05) is 45.9 Å². The van der Waals surface area contributed by atoms with Gasteiger partial charge in [-0.15, -0.1) is 0 Å². The molecule has 0 bridgehead atoms. The van der Waals surface area contributed by atoms with E-state index in [1.165, 1.54) is 4.90 Å². The van der Waals surface area contributed by atoms with Gasteiger partial charge >= 0.3 is 6.09 Å². The Bertz CT molecular complexity index is 1640. The Balaban J connectivity index is 1.20. The van der Waals surface area contributed by atoms with Crippen LogP contribution in [0, 0.1) is 0 Å². The standard InChI is InChI=1S/C35H43N5O7/c1-5-38-30(21-40-32(42)25-11-6-7-12-26(25)33(40)43)39(20-24-10-9-19-45-24)27-13-8-14-28(31(27)38)46-22-29(41)36-23-15-17-37(18-16-23)34(44)47-35(2,3)4/h6-8,11-14,23-24H,5,9-10,15-22H2,1-4H3/p+1/t24-/m0/s1. The van der Waals surface area contributed by atoms with Gasteiger partial charge in [0.15, 0.2) is 17.9 Å². The molecule has 1 N–H and O–H groups in total. The Morgan fingerprint density at radius 1 is 1.00 bits per heavy atom. The minimum atomic E-state index is -0.556. The number of ether oxygens (including phenoxy) is 3. The molecular weight excluding hydrogens is 602 g/mol. The summed E-state index contributed by atoms with van der Waals surface area (Å²) < 4.78 is 21.8. The molecule has 4 amide bonds. The van der Waals surface area contributed by atoms with E-state index < -0.39 is 5.60 Å². The predicted octanol–water partition coefficient (Wildman–Crippen LogP) is 3.82. The van der Waals surface area contributed by atoms with Crippen LogP contribution in [0.25, 0.3) is 11.0 Å². The number of carbonyl (C=O) groups is 4. The van der Waals surface area contributed by atoms with E-state index in [1.54, 1.807) is 29.2 Å². The number of hydrogen-bond acceptors (Lipinski definition) is 7. The third-order valence-corrected chi connectivity index (χ3v) is 8.94. The zero-order valence-corrected chi connectivity index (χ0v) is 27.6. The van der Waals surface area contributed by atoms with Crippen molar-refractivity contribution in [2.45, 2.75) is 90.8 Å². The van der Waals surface area contributed by atoms with Crippen molar-refractivity contribution >= 4 is 34.8 Å². The molecule has 1 atom stereocenters. The van der Waals surface area contributed by atoms with Crippen LogP contribution in [0.1, 0.15) is 79.9 Å². The molecular formula is C35H44N5O7+. The molecule has 2 fully saturated rings. The lowest BCUT2D eigenvalue weighted by molar-refractivity contribution is -0.677. The Labute approximate surface area is 274 Å². The number of imide groups is 1. The zero-order chi connectivity index (χ0) is 33.3. The number of benzene rings is 2. The fourth-order valence-electron chi connectivity index (χ4n) is 6.71. The second kappa shape index (κ2) is 13.3. The second-order valence-electron chi connectivity index (χ2n) is 13.4. The van der Waals surface area contributed by atoms with Crippen LogP contribution in [0.4, 0.5) is 4.79 Å². The number of likely N-dealkylation sites (tertiary alicyclic amines) is 1. The molecule has 0 saturated carbocycles. The fraction of sp³-hybridized carbons (Fsp3) is 0.514. The molecule has 1 aromatic heterocycles. The molecule has 0 aliphatic carbocycles.